The molecule has 0 aliphatic rings. The summed E-state index contributed by atoms with van der Waals surface area (Å²) in [5.74, 6) is -0.234. The molecule has 1 N–H and O–H groups in total. The lowest BCUT2D eigenvalue weighted by atomic mass is 10.1. The fourth-order valence-corrected chi connectivity index (χ4v) is 1.54. The smallest absolute Gasteiger partial charge is 0.123 e. The summed E-state index contributed by atoms with van der Waals surface area (Å²) < 4.78 is 12.9. The average molecular weight is 228 g/mol. The highest BCUT2D eigenvalue weighted by atomic mass is 19.1. The fraction of sp³-hybridized carbons (Fsp3) is 0.0667. The van der Waals surface area contributed by atoms with Gasteiger partial charge in [0.2, 0.25) is 0 Å². The van der Waals surface area contributed by atoms with Crippen LogP contribution in [0.25, 0.3) is 12.2 Å². The third-order valence-electron chi connectivity index (χ3n) is 2.48. The minimum Gasteiger partial charge on any atom is -0.392 e. The maximum absolute atomic E-state index is 12.9. The van der Waals surface area contributed by atoms with Crippen molar-refractivity contribution in [3.63, 3.8) is 0 Å². The van der Waals surface area contributed by atoms with Gasteiger partial charge < -0.3 is 5.11 Å². The van der Waals surface area contributed by atoms with Crippen LogP contribution in [0.1, 0.15) is 16.7 Å². The highest BCUT2D eigenvalue weighted by molar-refractivity contribution is 5.69. The van der Waals surface area contributed by atoms with Crippen LogP contribution in [-0.4, -0.2) is 5.11 Å². The molecule has 0 atom stereocenters. The third-order valence-corrected chi connectivity index (χ3v) is 2.48. The maximum atomic E-state index is 12.9. The summed E-state index contributed by atoms with van der Waals surface area (Å²) in [4.78, 5) is 0. The van der Waals surface area contributed by atoms with E-state index in [9.17, 15) is 4.39 Å². The quantitative estimate of drug-likeness (QED) is 0.797. The molecule has 0 aromatic heterocycles. The van der Waals surface area contributed by atoms with Gasteiger partial charge in [-0.05, 0) is 28.8 Å². The number of rotatable bonds is 3. The Balaban J connectivity index is 2.14. The van der Waals surface area contributed by atoms with Gasteiger partial charge in [-0.25, -0.2) is 4.39 Å². The summed E-state index contributed by atoms with van der Waals surface area (Å²) in [7, 11) is 0. The van der Waals surface area contributed by atoms with Crippen LogP contribution in [0, 0.1) is 5.82 Å². The van der Waals surface area contributed by atoms with Gasteiger partial charge in [-0.3, -0.25) is 0 Å². The van der Waals surface area contributed by atoms with Crippen LogP contribution in [0.5, 0.6) is 0 Å². The molecule has 0 aliphatic carbocycles. The van der Waals surface area contributed by atoms with Gasteiger partial charge in [-0.1, -0.05) is 48.6 Å². The van der Waals surface area contributed by atoms with E-state index in [1.807, 2.05) is 42.5 Å². The van der Waals surface area contributed by atoms with Crippen molar-refractivity contribution < 1.29 is 9.50 Å². The molecule has 0 radical (unpaired) electrons. The first-order valence-corrected chi connectivity index (χ1v) is 5.41. The van der Waals surface area contributed by atoms with E-state index in [-0.39, 0.29) is 12.4 Å². The molecule has 2 rings (SSSR count). The standard InChI is InChI=1S/C15H13FO/c16-15-3-1-2-13(10-15)7-4-12-5-8-14(11-17)9-6-12/h1-10,17H,11H2. The Morgan fingerprint density at radius 1 is 0.941 bits per heavy atom. The van der Waals surface area contributed by atoms with Crippen LogP contribution in [0.15, 0.2) is 48.5 Å². The number of aliphatic hydroxyl groups is 1. The van der Waals surface area contributed by atoms with Crippen molar-refractivity contribution >= 4 is 12.2 Å². The summed E-state index contributed by atoms with van der Waals surface area (Å²) >= 11 is 0. The average Bonchev–Trinajstić information content (AvgIpc) is 2.37. The molecular formula is C15H13FO. The summed E-state index contributed by atoms with van der Waals surface area (Å²) in [5, 5.41) is 8.91. The molecule has 0 fully saturated rings. The van der Waals surface area contributed by atoms with Gasteiger partial charge >= 0.3 is 0 Å². The van der Waals surface area contributed by atoms with Gasteiger partial charge in [0.15, 0.2) is 0 Å². The Bertz CT molecular complexity index is 515. The van der Waals surface area contributed by atoms with Crippen molar-refractivity contribution in [2.45, 2.75) is 6.61 Å². The second-order valence-corrected chi connectivity index (χ2v) is 3.79. The summed E-state index contributed by atoms with van der Waals surface area (Å²) in [6.07, 6.45) is 3.77. The highest BCUT2D eigenvalue weighted by Gasteiger charge is 1.92. The maximum Gasteiger partial charge on any atom is 0.123 e. The summed E-state index contributed by atoms with van der Waals surface area (Å²) in [6, 6.07) is 14.0. The van der Waals surface area contributed by atoms with Crippen molar-refractivity contribution in [1.29, 1.82) is 0 Å². The Kier molecular flexibility index (Phi) is 3.68. The van der Waals surface area contributed by atoms with Crippen molar-refractivity contribution in [3.8, 4) is 0 Å². The first kappa shape index (κ1) is 11.6. The van der Waals surface area contributed by atoms with Crippen LogP contribution >= 0.6 is 0 Å². The molecule has 0 aliphatic heterocycles. The molecule has 0 amide bonds. The molecule has 86 valence electrons. The van der Waals surface area contributed by atoms with E-state index in [0.29, 0.717) is 0 Å². The van der Waals surface area contributed by atoms with Crippen LogP contribution in [0.4, 0.5) is 4.39 Å². The van der Waals surface area contributed by atoms with E-state index in [4.69, 9.17) is 5.11 Å². The number of hydrogen-bond donors (Lipinski definition) is 1. The van der Waals surface area contributed by atoms with E-state index in [1.165, 1.54) is 12.1 Å². The molecule has 2 aromatic carbocycles. The zero-order valence-electron chi connectivity index (χ0n) is 9.31. The summed E-state index contributed by atoms with van der Waals surface area (Å²) in [5.41, 5.74) is 2.73. The van der Waals surface area contributed by atoms with E-state index in [0.717, 1.165) is 16.7 Å². The van der Waals surface area contributed by atoms with Gasteiger partial charge in [0.25, 0.3) is 0 Å². The lowest BCUT2D eigenvalue weighted by molar-refractivity contribution is 0.282. The largest absolute Gasteiger partial charge is 0.392 e. The molecule has 0 saturated carbocycles. The van der Waals surface area contributed by atoms with E-state index in [1.54, 1.807) is 6.07 Å². The Morgan fingerprint density at radius 3 is 2.29 bits per heavy atom. The molecule has 0 heterocycles. The van der Waals surface area contributed by atoms with Crippen molar-refractivity contribution in [2.75, 3.05) is 0 Å². The Labute approximate surface area is 99.9 Å². The minimum absolute atomic E-state index is 0.0495. The number of halogens is 1. The van der Waals surface area contributed by atoms with E-state index < -0.39 is 0 Å². The van der Waals surface area contributed by atoms with Crippen molar-refractivity contribution in [3.05, 3.63) is 71.0 Å². The van der Waals surface area contributed by atoms with Crippen LogP contribution in [0.2, 0.25) is 0 Å². The molecule has 1 nitrogen and oxygen atoms in total. The van der Waals surface area contributed by atoms with Crippen molar-refractivity contribution in [2.24, 2.45) is 0 Å². The van der Waals surface area contributed by atoms with Gasteiger partial charge in [0.05, 0.1) is 6.61 Å². The number of hydrogen-bond acceptors (Lipinski definition) is 1. The Hall–Kier alpha value is -1.93. The number of benzene rings is 2. The molecule has 2 heteroatoms. The van der Waals surface area contributed by atoms with Gasteiger partial charge in [0, 0.05) is 0 Å². The zero-order valence-corrected chi connectivity index (χ0v) is 9.31. The topological polar surface area (TPSA) is 20.2 Å². The molecule has 0 unspecified atom stereocenters. The predicted molar refractivity (Wildman–Crippen MR) is 67.7 cm³/mol. The lowest BCUT2D eigenvalue weighted by Gasteiger charge is -1.97. The monoisotopic (exact) mass is 228 g/mol. The normalized spacial score (nSPS) is 10.9. The first-order chi connectivity index (χ1) is 8.28. The molecule has 2 aromatic rings. The van der Waals surface area contributed by atoms with Gasteiger partial charge in [0.1, 0.15) is 5.82 Å². The predicted octanol–water partition coefficient (Wildman–Crippen LogP) is 3.49. The van der Waals surface area contributed by atoms with Gasteiger partial charge in [-0.15, -0.1) is 0 Å². The lowest BCUT2D eigenvalue weighted by Crippen LogP contribution is -1.81. The molecule has 0 spiro atoms. The van der Waals surface area contributed by atoms with Crippen LogP contribution in [0.3, 0.4) is 0 Å². The second kappa shape index (κ2) is 5.41. The first-order valence-electron chi connectivity index (χ1n) is 5.41. The molecule has 0 saturated heterocycles. The second-order valence-electron chi connectivity index (χ2n) is 3.79. The minimum atomic E-state index is -0.234. The van der Waals surface area contributed by atoms with Gasteiger partial charge in [-0.2, -0.15) is 0 Å². The SMILES string of the molecule is OCc1ccc(C=Cc2cccc(F)c2)cc1. The van der Waals surface area contributed by atoms with Crippen molar-refractivity contribution in [1.82, 2.24) is 0 Å². The van der Waals surface area contributed by atoms with E-state index >= 15 is 0 Å². The summed E-state index contributed by atoms with van der Waals surface area (Å²) in [6.45, 7) is 0.0495. The third kappa shape index (κ3) is 3.26. The van der Waals surface area contributed by atoms with Crippen LogP contribution in [-0.2, 0) is 6.61 Å². The zero-order chi connectivity index (χ0) is 12.1. The highest BCUT2D eigenvalue weighted by Crippen LogP contribution is 2.10. The Morgan fingerprint density at radius 2 is 1.65 bits per heavy atom. The molecule has 0 bridgehead atoms. The van der Waals surface area contributed by atoms with E-state index in [2.05, 4.69) is 0 Å². The fourth-order valence-electron chi connectivity index (χ4n) is 1.54. The molecular weight excluding hydrogens is 215 g/mol. The molecule has 17 heavy (non-hydrogen) atoms. The van der Waals surface area contributed by atoms with Crippen LogP contribution < -0.4 is 0 Å². The number of aliphatic hydroxyl groups excluding tert-OH is 1.